The SMILES string of the molecule is CC(CC(C(=O)O)C(=O)O)C(C(=O)O)C(=O)O. The third-order valence-corrected chi connectivity index (χ3v) is 2.30. The Hall–Kier alpha value is -2.12. The van der Waals surface area contributed by atoms with Crippen molar-refractivity contribution in [2.24, 2.45) is 17.8 Å². The molecule has 0 heterocycles. The first-order chi connectivity index (χ1) is 7.68. The van der Waals surface area contributed by atoms with Crippen LogP contribution in [0.3, 0.4) is 0 Å². The Kier molecular flexibility index (Phi) is 5.10. The van der Waals surface area contributed by atoms with Gasteiger partial charge in [0, 0.05) is 0 Å². The summed E-state index contributed by atoms with van der Waals surface area (Å²) in [4.78, 5) is 42.4. The summed E-state index contributed by atoms with van der Waals surface area (Å²) in [6, 6.07) is 0. The van der Waals surface area contributed by atoms with E-state index in [-0.39, 0.29) is 0 Å². The normalized spacial score (nSPS) is 12.4. The molecule has 0 aliphatic carbocycles. The lowest BCUT2D eigenvalue weighted by molar-refractivity contribution is -0.162. The average molecular weight is 248 g/mol. The Balaban J connectivity index is 4.86. The van der Waals surface area contributed by atoms with Crippen molar-refractivity contribution in [3.63, 3.8) is 0 Å². The van der Waals surface area contributed by atoms with E-state index in [1.807, 2.05) is 0 Å². The highest BCUT2D eigenvalue weighted by Crippen LogP contribution is 2.21. The van der Waals surface area contributed by atoms with Crippen molar-refractivity contribution in [1.29, 1.82) is 0 Å². The van der Waals surface area contributed by atoms with Crippen LogP contribution in [-0.4, -0.2) is 44.3 Å². The highest BCUT2D eigenvalue weighted by Gasteiger charge is 2.37. The molecule has 0 aromatic rings. The number of carboxylic acid groups (broad SMARTS) is 4. The van der Waals surface area contributed by atoms with Gasteiger partial charge in [-0.2, -0.15) is 0 Å². The second-order valence-corrected chi connectivity index (χ2v) is 3.60. The number of carbonyl (C=O) groups is 4. The fraction of sp³-hybridized carbons (Fsp3) is 0.556. The minimum atomic E-state index is -1.82. The minimum absolute atomic E-state index is 0.562. The summed E-state index contributed by atoms with van der Waals surface area (Å²) in [5.41, 5.74) is 0. The van der Waals surface area contributed by atoms with Gasteiger partial charge < -0.3 is 20.4 Å². The molecule has 0 aromatic heterocycles. The fourth-order valence-electron chi connectivity index (χ4n) is 1.41. The summed E-state index contributed by atoms with van der Waals surface area (Å²) in [6.07, 6.45) is -0.562. The molecule has 0 bridgehead atoms. The molecule has 0 aromatic carbocycles. The molecule has 8 nitrogen and oxygen atoms in total. The molecule has 1 unspecified atom stereocenters. The molecular weight excluding hydrogens is 236 g/mol. The van der Waals surface area contributed by atoms with E-state index in [1.54, 1.807) is 0 Å². The topological polar surface area (TPSA) is 149 Å². The number of rotatable bonds is 7. The van der Waals surface area contributed by atoms with Crippen LogP contribution in [0.25, 0.3) is 0 Å². The Labute approximate surface area is 95.5 Å². The molecule has 1 atom stereocenters. The first-order valence-corrected chi connectivity index (χ1v) is 4.59. The molecule has 4 N–H and O–H groups in total. The highest BCUT2D eigenvalue weighted by atomic mass is 16.4. The van der Waals surface area contributed by atoms with E-state index in [9.17, 15) is 19.2 Å². The molecule has 17 heavy (non-hydrogen) atoms. The Morgan fingerprint density at radius 1 is 0.824 bits per heavy atom. The van der Waals surface area contributed by atoms with Crippen LogP contribution in [0.5, 0.6) is 0 Å². The molecular formula is C9H12O8. The zero-order chi connectivity index (χ0) is 13.7. The quantitative estimate of drug-likeness (QED) is 0.444. The van der Waals surface area contributed by atoms with Crippen LogP contribution in [0.4, 0.5) is 0 Å². The molecule has 96 valence electrons. The van der Waals surface area contributed by atoms with Crippen LogP contribution in [0, 0.1) is 17.8 Å². The van der Waals surface area contributed by atoms with Gasteiger partial charge in [0.15, 0.2) is 11.8 Å². The minimum Gasteiger partial charge on any atom is -0.481 e. The van der Waals surface area contributed by atoms with Crippen LogP contribution in [-0.2, 0) is 19.2 Å². The summed E-state index contributed by atoms with van der Waals surface area (Å²) in [6.45, 7) is 1.19. The zero-order valence-corrected chi connectivity index (χ0v) is 8.86. The molecule has 0 saturated heterocycles. The van der Waals surface area contributed by atoms with Crippen molar-refractivity contribution in [2.75, 3.05) is 0 Å². The summed E-state index contributed by atoms with van der Waals surface area (Å²) < 4.78 is 0. The van der Waals surface area contributed by atoms with Crippen LogP contribution >= 0.6 is 0 Å². The number of hydrogen-bond acceptors (Lipinski definition) is 4. The zero-order valence-electron chi connectivity index (χ0n) is 8.86. The molecule has 8 heteroatoms. The third kappa shape index (κ3) is 4.09. The lowest BCUT2D eigenvalue weighted by atomic mass is 9.85. The van der Waals surface area contributed by atoms with Gasteiger partial charge in [-0.05, 0) is 12.3 Å². The Bertz CT molecular complexity index is 319. The van der Waals surface area contributed by atoms with E-state index < -0.39 is 48.1 Å². The second kappa shape index (κ2) is 5.83. The lowest BCUT2D eigenvalue weighted by Gasteiger charge is -2.18. The van der Waals surface area contributed by atoms with Gasteiger partial charge in [-0.1, -0.05) is 6.92 Å². The molecule has 0 fully saturated rings. The van der Waals surface area contributed by atoms with Gasteiger partial charge in [0.2, 0.25) is 0 Å². The van der Waals surface area contributed by atoms with E-state index in [0.29, 0.717) is 0 Å². The molecule has 0 aliphatic rings. The third-order valence-electron chi connectivity index (χ3n) is 2.30. The van der Waals surface area contributed by atoms with E-state index in [0.717, 1.165) is 0 Å². The summed E-state index contributed by atoms with van der Waals surface area (Å²) in [5.74, 6) is -11.2. The van der Waals surface area contributed by atoms with Crippen LogP contribution in [0.15, 0.2) is 0 Å². The van der Waals surface area contributed by atoms with Gasteiger partial charge in [0.05, 0.1) is 0 Å². The highest BCUT2D eigenvalue weighted by molar-refractivity contribution is 5.94. The largest absolute Gasteiger partial charge is 0.481 e. The van der Waals surface area contributed by atoms with Crippen LogP contribution in [0.1, 0.15) is 13.3 Å². The van der Waals surface area contributed by atoms with Crippen molar-refractivity contribution in [1.82, 2.24) is 0 Å². The van der Waals surface area contributed by atoms with Gasteiger partial charge in [0.1, 0.15) is 0 Å². The van der Waals surface area contributed by atoms with E-state index >= 15 is 0 Å². The average Bonchev–Trinajstić information content (AvgIpc) is 2.11. The predicted octanol–water partition coefficient (Wildman–Crippen LogP) is -0.417. The van der Waals surface area contributed by atoms with Crippen LogP contribution in [0.2, 0.25) is 0 Å². The summed E-state index contributed by atoms with van der Waals surface area (Å²) in [5, 5.41) is 34.4. The fourth-order valence-corrected chi connectivity index (χ4v) is 1.41. The monoisotopic (exact) mass is 248 g/mol. The lowest BCUT2D eigenvalue weighted by Crippen LogP contribution is -2.34. The smallest absolute Gasteiger partial charge is 0.318 e. The van der Waals surface area contributed by atoms with E-state index in [1.165, 1.54) is 6.92 Å². The summed E-state index contributed by atoms with van der Waals surface area (Å²) >= 11 is 0. The van der Waals surface area contributed by atoms with Gasteiger partial charge in [-0.15, -0.1) is 0 Å². The maximum absolute atomic E-state index is 10.6. The number of carboxylic acids is 4. The van der Waals surface area contributed by atoms with Crippen molar-refractivity contribution >= 4 is 23.9 Å². The maximum Gasteiger partial charge on any atom is 0.318 e. The molecule has 0 spiro atoms. The van der Waals surface area contributed by atoms with Crippen LogP contribution < -0.4 is 0 Å². The van der Waals surface area contributed by atoms with Crippen molar-refractivity contribution in [3.05, 3.63) is 0 Å². The molecule has 0 aliphatic heterocycles. The second-order valence-electron chi connectivity index (χ2n) is 3.60. The standard InChI is InChI=1S/C9H12O8/c1-3(5(8(14)15)9(16)17)2-4(6(10)11)7(12)13/h3-5H,2H2,1H3,(H,10,11)(H,12,13)(H,14,15)(H,16,17). The van der Waals surface area contributed by atoms with Gasteiger partial charge in [-0.25, -0.2) is 0 Å². The molecule has 0 rings (SSSR count). The molecule has 0 radical (unpaired) electrons. The van der Waals surface area contributed by atoms with E-state index in [2.05, 4.69) is 0 Å². The van der Waals surface area contributed by atoms with Crippen molar-refractivity contribution in [2.45, 2.75) is 13.3 Å². The van der Waals surface area contributed by atoms with Gasteiger partial charge >= 0.3 is 23.9 Å². The first kappa shape index (κ1) is 14.9. The summed E-state index contributed by atoms with van der Waals surface area (Å²) in [7, 11) is 0. The first-order valence-electron chi connectivity index (χ1n) is 4.59. The van der Waals surface area contributed by atoms with Gasteiger partial charge in [-0.3, -0.25) is 19.2 Å². The maximum atomic E-state index is 10.6. The van der Waals surface area contributed by atoms with Crippen molar-refractivity contribution in [3.8, 4) is 0 Å². The molecule has 0 saturated carbocycles. The molecule has 0 amide bonds. The predicted molar refractivity (Wildman–Crippen MR) is 51.3 cm³/mol. The Morgan fingerprint density at radius 3 is 1.41 bits per heavy atom. The number of aliphatic carboxylic acids is 4. The Morgan fingerprint density at radius 2 is 1.18 bits per heavy atom. The van der Waals surface area contributed by atoms with Crippen molar-refractivity contribution < 1.29 is 39.6 Å². The van der Waals surface area contributed by atoms with Gasteiger partial charge in [0.25, 0.3) is 0 Å². The number of hydrogen-bond donors (Lipinski definition) is 4. The van der Waals surface area contributed by atoms with E-state index in [4.69, 9.17) is 20.4 Å².